The van der Waals surface area contributed by atoms with Gasteiger partial charge in [0.1, 0.15) is 0 Å². The molecule has 3 nitrogen and oxygen atoms in total. The SMILES string of the molecule is c1ccc(-c2ccc(-c3cc(-c4cc(-c5ccc6ccccc6c5)cc(-c5ccc6ccccc6c5)c4)nc(-c4ccc(-c5ccncc5)cc4)n3)cc2)cc1. The Balaban J connectivity index is 1.15. The number of hydrogen-bond donors (Lipinski definition) is 0. The summed E-state index contributed by atoms with van der Waals surface area (Å²) in [6, 6.07) is 71.2. The molecule has 0 spiro atoms. The van der Waals surface area contributed by atoms with Crippen LogP contribution in [0.5, 0.6) is 0 Å². The van der Waals surface area contributed by atoms with Gasteiger partial charge in [-0.15, -0.1) is 0 Å². The summed E-state index contributed by atoms with van der Waals surface area (Å²) in [6.45, 7) is 0. The molecule has 0 saturated heterocycles. The second kappa shape index (κ2) is 14.4. The molecule has 3 heteroatoms. The number of aromatic nitrogens is 3. The molecular weight excluding hydrogens is 679 g/mol. The van der Waals surface area contributed by atoms with Crippen molar-refractivity contribution in [2.24, 2.45) is 0 Å². The Morgan fingerprint density at radius 3 is 1.21 bits per heavy atom. The average Bonchev–Trinajstić information content (AvgIpc) is 3.29. The highest BCUT2D eigenvalue weighted by Gasteiger charge is 2.15. The van der Waals surface area contributed by atoms with Crippen molar-refractivity contribution in [2.45, 2.75) is 0 Å². The van der Waals surface area contributed by atoms with Gasteiger partial charge in [-0.2, -0.15) is 0 Å². The summed E-state index contributed by atoms with van der Waals surface area (Å²) in [5.74, 6) is 0.675. The Morgan fingerprint density at radius 1 is 0.232 bits per heavy atom. The van der Waals surface area contributed by atoms with Crippen LogP contribution in [0.1, 0.15) is 0 Å². The summed E-state index contributed by atoms with van der Waals surface area (Å²) in [5.41, 5.74) is 13.9. The maximum Gasteiger partial charge on any atom is 0.160 e. The monoisotopic (exact) mass is 713 g/mol. The van der Waals surface area contributed by atoms with Gasteiger partial charge in [0.15, 0.2) is 5.82 Å². The molecule has 0 radical (unpaired) electrons. The lowest BCUT2D eigenvalue weighted by Crippen LogP contribution is -1.97. The number of rotatable bonds is 7. The Labute approximate surface area is 326 Å². The number of benzene rings is 8. The van der Waals surface area contributed by atoms with Gasteiger partial charge in [-0.05, 0) is 115 Å². The highest BCUT2D eigenvalue weighted by Crippen LogP contribution is 2.37. The fraction of sp³-hybridized carbons (Fsp3) is 0. The summed E-state index contributed by atoms with van der Waals surface area (Å²) in [6.07, 6.45) is 3.65. The summed E-state index contributed by atoms with van der Waals surface area (Å²) < 4.78 is 0. The second-order valence-corrected chi connectivity index (χ2v) is 14.1. The van der Waals surface area contributed by atoms with Crippen LogP contribution < -0.4 is 0 Å². The molecule has 0 bridgehead atoms. The second-order valence-electron chi connectivity index (χ2n) is 14.1. The third-order valence-corrected chi connectivity index (χ3v) is 10.6. The molecule has 0 fully saturated rings. The van der Waals surface area contributed by atoms with E-state index in [0.717, 1.165) is 61.5 Å². The molecule has 0 unspecified atom stereocenters. The number of fused-ring (bicyclic) bond motifs is 2. The van der Waals surface area contributed by atoms with Crippen LogP contribution in [0.4, 0.5) is 0 Å². The Kier molecular flexibility index (Phi) is 8.51. The minimum absolute atomic E-state index is 0.675. The predicted octanol–water partition coefficient (Wildman–Crippen LogP) is 13.8. The van der Waals surface area contributed by atoms with Crippen LogP contribution in [0, 0.1) is 0 Å². The first-order valence-electron chi connectivity index (χ1n) is 18.9. The first-order chi connectivity index (χ1) is 27.7. The molecular formula is C53H35N3. The van der Waals surface area contributed by atoms with E-state index in [1.807, 2.05) is 30.6 Å². The van der Waals surface area contributed by atoms with E-state index in [0.29, 0.717) is 5.82 Å². The van der Waals surface area contributed by atoms with E-state index >= 15 is 0 Å². The molecule has 10 rings (SSSR count). The van der Waals surface area contributed by atoms with Crippen LogP contribution in [0.25, 0.3) is 100.0 Å². The summed E-state index contributed by atoms with van der Waals surface area (Å²) >= 11 is 0. The van der Waals surface area contributed by atoms with Crippen molar-refractivity contribution in [1.82, 2.24) is 15.0 Å². The first kappa shape index (κ1) is 33.1. The number of nitrogens with zero attached hydrogens (tertiary/aromatic N) is 3. The lowest BCUT2D eigenvalue weighted by atomic mass is 9.92. The van der Waals surface area contributed by atoms with Gasteiger partial charge in [0, 0.05) is 29.1 Å². The van der Waals surface area contributed by atoms with E-state index in [1.54, 1.807) is 0 Å². The van der Waals surface area contributed by atoms with E-state index in [1.165, 1.54) is 32.7 Å². The van der Waals surface area contributed by atoms with Crippen molar-refractivity contribution < 1.29 is 0 Å². The Bertz CT molecular complexity index is 2790. The summed E-state index contributed by atoms with van der Waals surface area (Å²) in [4.78, 5) is 14.7. The smallest absolute Gasteiger partial charge is 0.160 e. The van der Waals surface area contributed by atoms with Crippen molar-refractivity contribution in [3.05, 3.63) is 213 Å². The molecule has 10 aromatic rings. The molecule has 0 saturated carbocycles. The Hall–Kier alpha value is -7.49. The number of hydrogen-bond acceptors (Lipinski definition) is 3. The Morgan fingerprint density at radius 2 is 0.643 bits per heavy atom. The highest BCUT2D eigenvalue weighted by atomic mass is 14.9. The van der Waals surface area contributed by atoms with Crippen LogP contribution in [-0.4, -0.2) is 15.0 Å². The highest BCUT2D eigenvalue weighted by molar-refractivity contribution is 5.92. The van der Waals surface area contributed by atoms with Gasteiger partial charge in [0.2, 0.25) is 0 Å². The third kappa shape index (κ3) is 6.63. The van der Waals surface area contributed by atoms with Gasteiger partial charge in [-0.25, -0.2) is 9.97 Å². The molecule has 0 aliphatic rings. The average molecular weight is 714 g/mol. The van der Waals surface area contributed by atoms with E-state index in [-0.39, 0.29) is 0 Å². The molecule has 0 aliphatic heterocycles. The molecule has 8 aromatic carbocycles. The normalized spacial score (nSPS) is 11.2. The molecule has 2 heterocycles. The molecule has 0 aliphatic carbocycles. The van der Waals surface area contributed by atoms with Crippen LogP contribution in [-0.2, 0) is 0 Å². The van der Waals surface area contributed by atoms with Crippen molar-refractivity contribution >= 4 is 21.5 Å². The summed E-state index contributed by atoms with van der Waals surface area (Å²) in [7, 11) is 0. The van der Waals surface area contributed by atoms with E-state index in [4.69, 9.17) is 9.97 Å². The zero-order chi connectivity index (χ0) is 37.3. The van der Waals surface area contributed by atoms with Crippen molar-refractivity contribution in [2.75, 3.05) is 0 Å². The first-order valence-corrected chi connectivity index (χ1v) is 18.9. The minimum atomic E-state index is 0.675. The van der Waals surface area contributed by atoms with Crippen molar-refractivity contribution in [1.29, 1.82) is 0 Å². The van der Waals surface area contributed by atoms with E-state index in [9.17, 15) is 0 Å². The summed E-state index contributed by atoms with van der Waals surface area (Å²) in [5, 5.41) is 4.87. The van der Waals surface area contributed by atoms with Crippen molar-refractivity contribution in [3.8, 4) is 78.4 Å². The van der Waals surface area contributed by atoms with Crippen LogP contribution in [0.3, 0.4) is 0 Å². The van der Waals surface area contributed by atoms with Gasteiger partial charge in [0.25, 0.3) is 0 Å². The van der Waals surface area contributed by atoms with Gasteiger partial charge in [0.05, 0.1) is 11.4 Å². The van der Waals surface area contributed by atoms with Gasteiger partial charge < -0.3 is 0 Å². The van der Waals surface area contributed by atoms with Crippen LogP contribution in [0.15, 0.2) is 213 Å². The molecule has 262 valence electrons. The number of pyridine rings is 1. The fourth-order valence-electron chi connectivity index (χ4n) is 7.54. The van der Waals surface area contributed by atoms with E-state index < -0.39 is 0 Å². The molecule has 0 amide bonds. The van der Waals surface area contributed by atoms with E-state index in [2.05, 4.69) is 187 Å². The fourth-order valence-corrected chi connectivity index (χ4v) is 7.54. The maximum absolute atomic E-state index is 5.32. The maximum atomic E-state index is 5.32. The topological polar surface area (TPSA) is 38.7 Å². The van der Waals surface area contributed by atoms with Crippen molar-refractivity contribution in [3.63, 3.8) is 0 Å². The van der Waals surface area contributed by atoms with Gasteiger partial charge in [-0.1, -0.05) is 152 Å². The van der Waals surface area contributed by atoms with Gasteiger partial charge in [-0.3, -0.25) is 4.98 Å². The lowest BCUT2D eigenvalue weighted by molar-refractivity contribution is 1.18. The zero-order valence-corrected chi connectivity index (χ0v) is 30.5. The standard InChI is InChI=1S/C53H35N3/c1-2-8-36(9-3-1)39-14-20-42(21-15-39)51-35-52(56-53(55-51)43-22-16-40(17-23-43)41-26-28-54-29-27-41)50-33-48(46-24-18-37-10-4-6-12-44(37)30-46)32-49(34-50)47-25-19-38-11-5-7-13-45(38)31-47/h1-35H. The molecule has 56 heavy (non-hydrogen) atoms. The molecule has 0 N–H and O–H groups in total. The largest absolute Gasteiger partial charge is 0.265 e. The molecule has 0 atom stereocenters. The third-order valence-electron chi connectivity index (χ3n) is 10.6. The zero-order valence-electron chi connectivity index (χ0n) is 30.5. The van der Waals surface area contributed by atoms with Crippen LogP contribution in [0.2, 0.25) is 0 Å². The van der Waals surface area contributed by atoms with Gasteiger partial charge >= 0.3 is 0 Å². The molecule has 2 aromatic heterocycles. The van der Waals surface area contributed by atoms with Crippen LogP contribution >= 0.6 is 0 Å². The minimum Gasteiger partial charge on any atom is -0.265 e. The predicted molar refractivity (Wildman–Crippen MR) is 233 cm³/mol. The quantitative estimate of drug-likeness (QED) is 0.165. The lowest BCUT2D eigenvalue weighted by Gasteiger charge is -2.14.